The Morgan fingerprint density at radius 2 is 1.81 bits per heavy atom. The van der Waals surface area contributed by atoms with Gasteiger partial charge in [0, 0.05) is 5.69 Å². The molecule has 0 saturated heterocycles. The first kappa shape index (κ1) is 13.2. The molecule has 0 amide bonds. The van der Waals surface area contributed by atoms with Crippen LogP contribution in [0.15, 0.2) is 36.4 Å². The molecule has 0 aliphatic carbocycles. The number of benzene rings is 2. The summed E-state index contributed by atoms with van der Waals surface area (Å²) in [6.45, 7) is 3.93. The summed E-state index contributed by atoms with van der Waals surface area (Å²) in [5.74, 6) is -0.0952. The maximum atomic E-state index is 14.1. The number of nitrogens with zero attached hydrogens (tertiary/aromatic N) is 4. The fraction of sp³-hybridized carbons (Fsp3) is 0.133. The average molecular weight is 283 g/mol. The maximum Gasteiger partial charge on any atom is 0.190 e. The van der Waals surface area contributed by atoms with Crippen molar-refractivity contribution in [2.45, 2.75) is 13.8 Å². The zero-order chi connectivity index (χ0) is 15.0. The van der Waals surface area contributed by atoms with Gasteiger partial charge in [-0.05, 0) is 53.6 Å². The number of hydrogen-bond acceptors (Lipinski definition) is 4. The molecular formula is C15H14FN5. The van der Waals surface area contributed by atoms with Gasteiger partial charge >= 0.3 is 0 Å². The third-order valence-corrected chi connectivity index (χ3v) is 3.35. The van der Waals surface area contributed by atoms with Gasteiger partial charge in [0.1, 0.15) is 5.82 Å². The molecule has 0 saturated carbocycles. The van der Waals surface area contributed by atoms with Crippen LogP contribution in [0.5, 0.6) is 0 Å². The molecule has 106 valence electrons. The number of anilines is 1. The van der Waals surface area contributed by atoms with Crippen molar-refractivity contribution in [3.63, 3.8) is 0 Å². The van der Waals surface area contributed by atoms with Crippen molar-refractivity contribution in [3.8, 4) is 17.1 Å². The smallest absolute Gasteiger partial charge is 0.190 e. The fourth-order valence-corrected chi connectivity index (χ4v) is 2.36. The molecule has 0 spiro atoms. The third-order valence-electron chi connectivity index (χ3n) is 3.35. The van der Waals surface area contributed by atoms with Crippen molar-refractivity contribution in [1.82, 2.24) is 20.2 Å². The van der Waals surface area contributed by atoms with Gasteiger partial charge in [-0.25, -0.2) is 4.39 Å². The van der Waals surface area contributed by atoms with E-state index in [1.807, 2.05) is 32.0 Å². The van der Waals surface area contributed by atoms with E-state index in [1.165, 1.54) is 6.07 Å². The van der Waals surface area contributed by atoms with Gasteiger partial charge in [-0.15, -0.1) is 5.10 Å². The van der Waals surface area contributed by atoms with E-state index in [9.17, 15) is 4.39 Å². The van der Waals surface area contributed by atoms with Crippen LogP contribution in [0.25, 0.3) is 17.1 Å². The van der Waals surface area contributed by atoms with Gasteiger partial charge < -0.3 is 5.73 Å². The Balaban J connectivity index is 2.22. The van der Waals surface area contributed by atoms with Gasteiger partial charge in [0.25, 0.3) is 0 Å². The van der Waals surface area contributed by atoms with Gasteiger partial charge in [0.05, 0.1) is 11.3 Å². The molecule has 6 heteroatoms. The summed E-state index contributed by atoms with van der Waals surface area (Å²) in [5, 5.41) is 11.6. The van der Waals surface area contributed by atoms with E-state index < -0.39 is 5.82 Å². The minimum absolute atomic E-state index is 0.317. The molecule has 2 N–H and O–H groups in total. The first-order valence-electron chi connectivity index (χ1n) is 6.48. The van der Waals surface area contributed by atoms with E-state index >= 15 is 0 Å². The summed E-state index contributed by atoms with van der Waals surface area (Å²) in [5.41, 5.74) is 9.14. The molecule has 0 aliphatic heterocycles. The predicted octanol–water partition coefficient (Wildman–Crippen LogP) is 2.67. The van der Waals surface area contributed by atoms with E-state index in [2.05, 4.69) is 15.5 Å². The molecule has 3 rings (SSSR count). The normalized spacial score (nSPS) is 10.8. The molecule has 0 radical (unpaired) electrons. The zero-order valence-electron chi connectivity index (χ0n) is 11.7. The quantitative estimate of drug-likeness (QED) is 0.734. The van der Waals surface area contributed by atoms with Crippen LogP contribution in [0, 0.1) is 19.7 Å². The lowest BCUT2D eigenvalue weighted by atomic mass is 10.1. The maximum absolute atomic E-state index is 14.1. The second kappa shape index (κ2) is 4.97. The number of para-hydroxylation sites is 1. The highest BCUT2D eigenvalue weighted by molar-refractivity contribution is 5.62. The van der Waals surface area contributed by atoms with Crippen LogP contribution in [0.1, 0.15) is 11.1 Å². The summed E-state index contributed by atoms with van der Waals surface area (Å²) in [4.78, 5) is 0. The summed E-state index contributed by atoms with van der Waals surface area (Å²) in [7, 11) is 0. The number of rotatable bonds is 2. The van der Waals surface area contributed by atoms with Crippen LogP contribution in [0.3, 0.4) is 0 Å². The van der Waals surface area contributed by atoms with Crippen LogP contribution in [0.4, 0.5) is 10.1 Å². The van der Waals surface area contributed by atoms with Gasteiger partial charge in [0.2, 0.25) is 0 Å². The van der Waals surface area contributed by atoms with Crippen molar-refractivity contribution in [2.75, 3.05) is 5.73 Å². The second-order valence-electron chi connectivity index (χ2n) is 4.89. The Labute approximate surface area is 121 Å². The largest absolute Gasteiger partial charge is 0.399 e. The van der Waals surface area contributed by atoms with Gasteiger partial charge in [-0.3, -0.25) is 0 Å². The van der Waals surface area contributed by atoms with Crippen molar-refractivity contribution < 1.29 is 4.39 Å². The minimum Gasteiger partial charge on any atom is -0.399 e. The molecule has 0 aliphatic rings. The average Bonchev–Trinajstić information content (AvgIpc) is 2.87. The molecule has 1 aromatic heterocycles. The lowest BCUT2D eigenvalue weighted by Crippen LogP contribution is -2.05. The van der Waals surface area contributed by atoms with E-state index in [1.54, 1.807) is 16.8 Å². The SMILES string of the molecule is Cc1cccc(C)c1-n1nnnc1-c1ccc(N)cc1F. The molecule has 21 heavy (non-hydrogen) atoms. The highest BCUT2D eigenvalue weighted by Gasteiger charge is 2.17. The molecule has 0 fully saturated rings. The van der Waals surface area contributed by atoms with Crippen molar-refractivity contribution in [2.24, 2.45) is 0 Å². The molecular weight excluding hydrogens is 269 g/mol. The molecule has 2 aromatic carbocycles. The Morgan fingerprint density at radius 3 is 2.48 bits per heavy atom. The summed E-state index contributed by atoms with van der Waals surface area (Å²) < 4.78 is 15.7. The van der Waals surface area contributed by atoms with E-state index in [4.69, 9.17) is 5.73 Å². The van der Waals surface area contributed by atoms with Gasteiger partial charge in [-0.1, -0.05) is 18.2 Å². The molecule has 3 aromatic rings. The molecule has 0 atom stereocenters. The molecule has 0 unspecified atom stereocenters. The number of aryl methyl sites for hydroxylation is 2. The summed E-state index contributed by atoms with van der Waals surface area (Å²) in [6.07, 6.45) is 0. The Bertz CT molecular complexity index is 789. The van der Waals surface area contributed by atoms with E-state index in [0.717, 1.165) is 16.8 Å². The topological polar surface area (TPSA) is 69.6 Å². The zero-order valence-corrected chi connectivity index (χ0v) is 11.7. The lowest BCUT2D eigenvalue weighted by molar-refractivity contribution is 0.629. The number of nitrogen functional groups attached to an aromatic ring is 1. The predicted molar refractivity (Wildman–Crippen MR) is 78.4 cm³/mol. The first-order valence-corrected chi connectivity index (χ1v) is 6.48. The fourth-order valence-electron chi connectivity index (χ4n) is 2.36. The van der Waals surface area contributed by atoms with E-state index in [0.29, 0.717) is 17.1 Å². The van der Waals surface area contributed by atoms with Gasteiger partial charge in [-0.2, -0.15) is 4.68 Å². The van der Waals surface area contributed by atoms with Crippen LogP contribution in [0.2, 0.25) is 0 Å². The lowest BCUT2D eigenvalue weighted by Gasteiger charge is -2.11. The summed E-state index contributed by atoms with van der Waals surface area (Å²) in [6, 6.07) is 10.4. The van der Waals surface area contributed by atoms with Crippen LogP contribution in [-0.4, -0.2) is 20.2 Å². The van der Waals surface area contributed by atoms with Crippen molar-refractivity contribution in [1.29, 1.82) is 0 Å². The first-order chi connectivity index (χ1) is 10.1. The van der Waals surface area contributed by atoms with Crippen LogP contribution in [-0.2, 0) is 0 Å². The Hall–Kier alpha value is -2.76. The monoisotopic (exact) mass is 283 g/mol. The Morgan fingerprint density at radius 1 is 1.10 bits per heavy atom. The number of nitrogens with two attached hydrogens (primary N) is 1. The number of tetrazole rings is 1. The molecule has 1 heterocycles. The highest BCUT2D eigenvalue weighted by Crippen LogP contribution is 2.26. The molecule has 0 bridgehead atoms. The standard InChI is InChI=1S/C15H14FN5/c1-9-4-3-5-10(2)14(9)21-15(18-19-20-21)12-7-6-11(17)8-13(12)16/h3-8H,17H2,1-2H3. The second-order valence-corrected chi connectivity index (χ2v) is 4.89. The third kappa shape index (κ3) is 2.24. The Kier molecular flexibility index (Phi) is 3.13. The van der Waals surface area contributed by atoms with Crippen LogP contribution >= 0.6 is 0 Å². The van der Waals surface area contributed by atoms with Crippen molar-refractivity contribution in [3.05, 3.63) is 53.3 Å². The highest BCUT2D eigenvalue weighted by atomic mass is 19.1. The van der Waals surface area contributed by atoms with Gasteiger partial charge in [0.15, 0.2) is 5.82 Å². The number of hydrogen-bond donors (Lipinski definition) is 1. The summed E-state index contributed by atoms with van der Waals surface area (Å²) >= 11 is 0. The number of halogens is 1. The minimum atomic E-state index is -0.447. The number of aromatic nitrogens is 4. The molecule has 5 nitrogen and oxygen atoms in total. The van der Waals surface area contributed by atoms with E-state index in [-0.39, 0.29) is 0 Å². The van der Waals surface area contributed by atoms with Crippen molar-refractivity contribution >= 4 is 5.69 Å². The van der Waals surface area contributed by atoms with Crippen LogP contribution < -0.4 is 5.73 Å².